The Kier molecular flexibility index (Phi) is 4.53. The summed E-state index contributed by atoms with van der Waals surface area (Å²) < 4.78 is 7.13. The zero-order chi connectivity index (χ0) is 15.4. The number of hydrogen-bond acceptors (Lipinski definition) is 3. The van der Waals surface area contributed by atoms with Crippen LogP contribution < -0.4 is 0 Å². The summed E-state index contributed by atoms with van der Waals surface area (Å²) in [5.41, 5.74) is 1.88. The molecule has 3 rings (SSSR count). The predicted molar refractivity (Wildman–Crippen MR) is 83.6 cm³/mol. The lowest BCUT2D eigenvalue weighted by molar-refractivity contribution is 0.0656. The first-order valence-corrected chi connectivity index (χ1v) is 7.65. The quantitative estimate of drug-likeness (QED) is 0.847. The number of benzene rings is 1. The van der Waals surface area contributed by atoms with E-state index in [0.29, 0.717) is 18.7 Å². The summed E-state index contributed by atoms with van der Waals surface area (Å²) in [5.74, 6) is 0.0412. The van der Waals surface area contributed by atoms with Crippen molar-refractivity contribution in [1.29, 1.82) is 0 Å². The largest absolute Gasteiger partial charge is 0.379 e. The average Bonchev–Trinajstić information content (AvgIpc) is 3.20. The van der Waals surface area contributed by atoms with Crippen molar-refractivity contribution in [3.63, 3.8) is 0 Å². The van der Waals surface area contributed by atoms with E-state index >= 15 is 0 Å². The van der Waals surface area contributed by atoms with E-state index in [-0.39, 0.29) is 11.9 Å². The molecule has 2 heterocycles. The number of rotatable bonds is 5. The molecule has 22 heavy (non-hydrogen) atoms. The van der Waals surface area contributed by atoms with Crippen molar-refractivity contribution in [3.05, 3.63) is 53.9 Å². The number of amides is 1. The summed E-state index contributed by atoms with van der Waals surface area (Å²) in [7, 11) is 1.82. The number of hydrogen-bond donors (Lipinski definition) is 0. The predicted octanol–water partition coefficient (Wildman–Crippen LogP) is 1.89. The third-order valence-corrected chi connectivity index (χ3v) is 4.04. The minimum atomic E-state index is 0.0412. The highest BCUT2D eigenvalue weighted by Crippen LogP contribution is 2.17. The van der Waals surface area contributed by atoms with Crippen molar-refractivity contribution in [2.24, 2.45) is 7.05 Å². The number of carbonyl (C=O) groups is 1. The van der Waals surface area contributed by atoms with Gasteiger partial charge in [-0.3, -0.25) is 9.48 Å². The molecule has 1 aromatic carbocycles. The average molecular weight is 299 g/mol. The Morgan fingerprint density at radius 3 is 2.86 bits per heavy atom. The monoisotopic (exact) mass is 299 g/mol. The molecule has 0 saturated carbocycles. The molecule has 1 saturated heterocycles. The smallest absolute Gasteiger partial charge is 0.257 e. The molecule has 0 aliphatic carbocycles. The van der Waals surface area contributed by atoms with Gasteiger partial charge in [-0.05, 0) is 18.4 Å². The Hall–Kier alpha value is -2.14. The van der Waals surface area contributed by atoms with Crippen LogP contribution in [0.15, 0.2) is 42.7 Å². The SMILES string of the molecule is Cn1cc(C(=O)N(CCc2ccccc2)[C@H]2CCOC2)cn1. The van der Waals surface area contributed by atoms with Gasteiger partial charge in [0, 0.05) is 26.4 Å². The number of ether oxygens (including phenoxy) is 1. The molecule has 1 atom stereocenters. The van der Waals surface area contributed by atoms with Crippen molar-refractivity contribution in [2.45, 2.75) is 18.9 Å². The van der Waals surface area contributed by atoms with E-state index in [9.17, 15) is 4.79 Å². The molecule has 1 aliphatic heterocycles. The number of aromatic nitrogens is 2. The maximum absolute atomic E-state index is 12.8. The molecule has 1 amide bonds. The van der Waals surface area contributed by atoms with Gasteiger partial charge in [0.2, 0.25) is 0 Å². The molecule has 0 bridgehead atoms. The first-order chi connectivity index (χ1) is 10.7. The molecule has 0 N–H and O–H groups in total. The molecule has 0 radical (unpaired) electrons. The van der Waals surface area contributed by atoms with Crippen LogP contribution in [0.1, 0.15) is 22.3 Å². The number of nitrogens with zero attached hydrogens (tertiary/aromatic N) is 3. The third-order valence-electron chi connectivity index (χ3n) is 4.04. The van der Waals surface area contributed by atoms with Crippen LogP contribution in [0.3, 0.4) is 0 Å². The third kappa shape index (κ3) is 3.36. The summed E-state index contributed by atoms with van der Waals surface area (Å²) in [5, 5.41) is 4.10. The Labute approximate surface area is 130 Å². The zero-order valence-corrected chi connectivity index (χ0v) is 12.8. The molecule has 1 aromatic heterocycles. The van der Waals surface area contributed by atoms with Crippen LogP contribution >= 0.6 is 0 Å². The van der Waals surface area contributed by atoms with E-state index in [0.717, 1.165) is 19.4 Å². The van der Waals surface area contributed by atoms with Crippen LogP contribution in [0.5, 0.6) is 0 Å². The van der Waals surface area contributed by atoms with Crippen LogP contribution in [-0.2, 0) is 18.2 Å². The van der Waals surface area contributed by atoms with E-state index in [1.165, 1.54) is 5.56 Å². The maximum atomic E-state index is 12.8. The summed E-state index contributed by atoms with van der Waals surface area (Å²) in [6.45, 7) is 2.05. The fourth-order valence-electron chi connectivity index (χ4n) is 2.81. The van der Waals surface area contributed by atoms with Crippen molar-refractivity contribution in [1.82, 2.24) is 14.7 Å². The summed E-state index contributed by atoms with van der Waals surface area (Å²) >= 11 is 0. The van der Waals surface area contributed by atoms with Gasteiger partial charge in [0.05, 0.1) is 24.4 Å². The first kappa shape index (κ1) is 14.8. The van der Waals surface area contributed by atoms with E-state index in [4.69, 9.17) is 4.74 Å². The highest BCUT2D eigenvalue weighted by atomic mass is 16.5. The van der Waals surface area contributed by atoms with Gasteiger partial charge >= 0.3 is 0 Å². The van der Waals surface area contributed by atoms with Crippen LogP contribution in [0.25, 0.3) is 0 Å². The molecule has 5 nitrogen and oxygen atoms in total. The van der Waals surface area contributed by atoms with Gasteiger partial charge in [0.1, 0.15) is 0 Å². The van der Waals surface area contributed by atoms with E-state index in [2.05, 4.69) is 17.2 Å². The molecule has 1 aliphatic rings. The number of carbonyl (C=O) groups excluding carboxylic acids is 1. The summed E-state index contributed by atoms with van der Waals surface area (Å²) in [4.78, 5) is 14.7. The van der Waals surface area contributed by atoms with Gasteiger partial charge in [-0.1, -0.05) is 30.3 Å². The van der Waals surface area contributed by atoms with Gasteiger partial charge < -0.3 is 9.64 Å². The standard InChI is InChI=1S/C17H21N3O2/c1-19-12-15(11-18-19)17(21)20(16-8-10-22-13-16)9-7-14-5-3-2-4-6-14/h2-6,11-12,16H,7-10,13H2,1H3/t16-/m0/s1. The van der Waals surface area contributed by atoms with Crippen LogP contribution in [0, 0.1) is 0 Å². The van der Waals surface area contributed by atoms with Gasteiger partial charge in [-0.2, -0.15) is 5.10 Å². The van der Waals surface area contributed by atoms with Crippen molar-refractivity contribution >= 4 is 5.91 Å². The first-order valence-electron chi connectivity index (χ1n) is 7.65. The molecule has 2 aromatic rings. The number of aryl methyl sites for hydroxylation is 1. The van der Waals surface area contributed by atoms with Crippen molar-refractivity contribution in [2.75, 3.05) is 19.8 Å². The summed E-state index contributed by atoms with van der Waals surface area (Å²) in [6.07, 6.45) is 5.16. The lowest BCUT2D eigenvalue weighted by atomic mass is 10.1. The lowest BCUT2D eigenvalue weighted by Crippen LogP contribution is -2.42. The summed E-state index contributed by atoms with van der Waals surface area (Å²) in [6, 6.07) is 10.4. The minimum absolute atomic E-state index is 0.0412. The Morgan fingerprint density at radius 1 is 1.41 bits per heavy atom. The van der Waals surface area contributed by atoms with Crippen LogP contribution in [0.2, 0.25) is 0 Å². The Balaban J connectivity index is 1.73. The lowest BCUT2D eigenvalue weighted by Gasteiger charge is -2.27. The highest BCUT2D eigenvalue weighted by molar-refractivity contribution is 5.94. The van der Waals surface area contributed by atoms with Crippen molar-refractivity contribution in [3.8, 4) is 0 Å². The Bertz CT molecular complexity index is 618. The second-order valence-corrected chi connectivity index (χ2v) is 5.65. The molecule has 1 fully saturated rings. The van der Waals surface area contributed by atoms with Gasteiger partial charge in [-0.25, -0.2) is 0 Å². The molecule has 116 valence electrons. The maximum Gasteiger partial charge on any atom is 0.257 e. The van der Waals surface area contributed by atoms with E-state index < -0.39 is 0 Å². The van der Waals surface area contributed by atoms with Gasteiger partial charge in [-0.15, -0.1) is 0 Å². The molecule has 0 unspecified atom stereocenters. The topological polar surface area (TPSA) is 47.4 Å². The highest BCUT2D eigenvalue weighted by Gasteiger charge is 2.28. The minimum Gasteiger partial charge on any atom is -0.379 e. The van der Waals surface area contributed by atoms with Crippen LogP contribution in [-0.4, -0.2) is 46.4 Å². The molecular weight excluding hydrogens is 278 g/mol. The van der Waals surface area contributed by atoms with Gasteiger partial charge in [0.15, 0.2) is 0 Å². The van der Waals surface area contributed by atoms with E-state index in [1.807, 2.05) is 30.1 Å². The van der Waals surface area contributed by atoms with Crippen LogP contribution in [0.4, 0.5) is 0 Å². The fraction of sp³-hybridized carbons (Fsp3) is 0.412. The second-order valence-electron chi connectivity index (χ2n) is 5.65. The second kappa shape index (κ2) is 6.75. The fourth-order valence-corrected chi connectivity index (χ4v) is 2.81. The normalized spacial score (nSPS) is 17.6. The van der Waals surface area contributed by atoms with Crippen molar-refractivity contribution < 1.29 is 9.53 Å². The molecule has 5 heteroatoms. The Morgan fingerprint density at radius 2 is 2.23 bits per heavy atom. The zero-order valence-electron chi connectivity index (χ0n) is 12.8. The van der Waals surface area contributed by atoms with E-state index in [1.54, 1.807) is 17.1 Å². The molecular formula is C17H21N3O2. The molecule has 0 spiro atoms. The van der Waals surface area contributed by atoms with Gasteiger partial charge in [0.25, 0.3) is 5.91 Å².